The molecule has 1 saturated heterocycles. The monoisotopic (exact) mass is 447 g/mol. The van der Waals surface area contributed by atoms with Crippen molar-refractivity contribution in [3.63, 3.8) is 0 Å². The van der Waals surface area contributed by atoms with Gasteiger partial charge in [0.25, 0.3) is 0 Å². The van der Waals surface area contributed by atoms with Crippen molar-refractivity contribution >= 4 is 40.7 Å². The lowest BCUT2D eigenvalue weighted by atomic mass is 9.76. The van der Waals surface area contributed by atoms with Crippen molar-refractivity contribution in [1.82, 2.24) is 15.5 Å². The smallest absolute Gasteiger partial charge is 0.234 e. The molecule has 0 aromatic heterocycles. The van der Waals surface area contributed by atoms with Gasteiger partial charge in [0.15, 0.2) is 5.11 Å². The molecule has 3 aliphatic rings. The van der Waals surface area contributed by atoms with E-state index in [2.05, 4.69) is 17.6 Å². The minimum absolute atomic E-state index is 0.0449. The Bertz CT molecular complexity index is 807. The Balaban J connectivity index is 1.34. The highest BCUT2D eigenvalue weighted by atomic mass is 35.5. The fourth-order valence-corrected chi connectivity index (χ4v) is 5.48. The lowest BCUT2D eigenvalue weighted by Crippen LogP contribution is -2.61. The number of fused-ring (bicyclic) bond motifs is 1. The Hall–Kier alpha value is -1.66. The number of amides is 2. The number of nitrogens with one attached hydrogen (secondary N) is 2. The van der Waals surface area contributed by atoms with Crippen molar-refractivity contribution in [2.24, 2.45) is 17.8 Å². The molecule has 1 heterocycles. The van der Waals surface area contributed by atoms with Crippen LogP contribution in [0.15, 0.2) is 24.3 Å². The van der Waals surface area contributed by atoms with Gasteiger partial charge in [-0.05, 0) is 80.8 Å². The summed E-state index contributed by atoms with van der Waals surface area (Å²) in [6.07, 6.45) is 6.67. The number of halogens is 1. The Labute approximate surface area is 188 Å². The van der Waals surface area contributed by atoms with Crippen LogP contribution in [0.4, 0.5) is 0 Å². The molecule has 1 aromatic rings. The van der Waals surface area contributed by atoms with Crippen LogP contribution in [0.1, 0.15) is 57.4 Å². The van der Waals surface area contributed by atoms with Crippen LogP contribution in [0.25, 0.3) is 0 Å². The van der Waals surface area contributed by atoms with Crippen molar-refractivity contribution in [1.29, 1.82) is 0 Å². The van der Waals surface area contributed by atoms with E-state index in [-0.39, 0.29) is 29.7 Å². The lowest BCUT2D eigenvalue weighted by molar-refractivity contribution is -0.138. The van der Waals surface area contributed by atoms with Crippen molar-refractivity contribution in [3.8, 4) is 0 Å². The molecule has 2 N–H and O–H groups in total. The zero-order chi connectivity index (χ0) is 21.3. The third kappa shape index (κ3) is 4.80. The number of hydrogen-bond acceptors (Lipinski definition) is 3. The van der Waals surface area contributed by atoms with E-state index < -0.39 is 0 Å². The summed E-state index contributed by atoms with van der Waals surface area (Å²) in [5.41, 5.74) is 0.991. The second-order valence-corrected chi connectivity index (χ2v) is 10.0. The van der Waals surface area contributed by atoms with Crippen molar-refractivity contribution in [2.45, 2.75) is 70.5 Å². The molecular formula is C23H30ClN3O2S. The van der Waals surface area contributed by atoms with Gasteiger partial charge in [-0.25, -0.2) is 0 Å². The summed E-state index contributed by atoms with van der Waals surface area (Å²) in [7, 11) is 0. The molecule has 3 unspecified atom stereocenters. The predicted octanol–water partition coefficient (Wildman–Crippen LogP) is 4.04. The van der Waals surface area contributed by atoms with Gasteiger partial charge < -0.3 is 10.6 Å². The molecule has 0 spiro atoms. The van der Waals surface area contributed by atoms with Gasteiger partial charge in [0.1, 0.15) is 0 Å². The Morgan fingerprint density at radius 3 is 2.57 bits per heavy atom. The fraction of sp³-hybridized carbons (Fsp3) is 0.609. The molecule has 30 heavy (non-hydrogen) atoms. The van der Waals surface area contributed by atoms with Crippen LogP contribution in [0.5, 0.6) is 0 Å². The van der Waals surface area contributed by atoms with Gasteiger partial charge in [0, 0.05) is 23.0 Å². The molecule has 2 aliphatic carbocycles. The molecule has 1 aliphatic heterocycles. The van der Waals surface area contributed by atoms with Gasteiger partial charge in [0.2, 0.25) is 11.8 Å². The molecule has 0 bridgehead atoms. The van der Waals surface area contributed by atoms with Crippen LogP contribution in [0.3, 0.4) is 0 Å². The van der Waals surface area contributed by atoms with Crippen LogP contribution in [-0.2, 0) is 16.1 Å². The Kier molecular flexibility index (Phi) is 6.63. The summed E-state index contributed by atoms with van der Waals surface area (Å²) < 4.78 is 0. The van der Waals surface area contributed by atoms with E-state index in [9.17, 15) is 9.59 Å². The minimum atomic E-state index is -0.122. The van der Waals surface area contributed by atoms with Crippen LogP contribution in [0, 0.1) is 17.8 Å². The molecular weight excluding hydrogens is 418 g/mol. The molecule has 0 radical (unpaired) electrons. The van der Waals surface area contributed by atoms with Gasteiger partial charge in [-0.1, -0.05) is 30.7 Å². The first-order valence-corrected chi connectivity index (χ1v) is 11.9. The van der Waals surface area contributed by atoms with Gasteiger partial charge in [-0.15, -0.1) is 0 Å². The molecule has 4 rings (SSSR count). The molecule has 3 fully saturated rings. The minimum Gasteiger partial charge on any atom is -0.359 e. The van der Waals surface area contributed by atoms with Gasteiger partial charge in [-0.2, -0.15) is 0 Å². The Morgan fingerprint density at radius 1 is 1.17 bits per heavy atom. The first-order chi connectivity index (χ1) is 14.4. The van der Waals surface area contributed by atoms with Crippen molar-refractivity contribution in [3.05, 3.63) is 34.9 Å². The van der Waals surface area contributed by atoms with E-state index in [0.29, 0.717) is 29.1 Å². The van der Waals surface area contributed by atoms with Crippen LogP contribution < -0.4 is 10.6 Å². The largest absolute Gasteiger partial charge is 0.359 e. The summed E-state index contributed by atoms with van der Waals surface area (Å²) >= 11 is 11.5. The molecule has 2 saturated carbocycles. The molecule has 5 nitrogen and oxygen atoms in total. The quantitative estimate of drug-likeness (QED) is 0.684. The van der Waals surface area contributed by atoms with Gasteiger partial charge in [-0.3, -0.25) is 14.5 Å². The highest BCUT2D eigenvalue weighted by molar-refractivity contribution is 7.80. The van der Waals surface area contributed by atoms with E-state index >= 15 is 0 Å². The lowest BCUT2D eigenvalue weighted by Gasteiger charge is -2.43. The number of benzene rings is 1. The van der Waals surface area contributed by atoms with E-state index in [1.807, 2.05) is 24.3 Å². The Morgan fingerprint density at radius 2 is 1.87 bits per heavy atom. The average Bonchev–Trinajstić information content (AvgIpc) is 2.73. The summed E-state index contributed by atoms with van der Waals surface area (Å²) in [5, 5.41) is 7.75. The first-order valence-electron chi connectivity index (χ1n) is 11.1. The summed E-state index contributed by atoms with van der Waals surface area (Å²) in [6, 6.07) is 7.73. The van der Waals surface area contributed by atoms with E-state index in [1.165, 1.54) is 12.8 Å². The highest BCUT2D eigenvalue weighted by Crippen LogP contribution is 2.34. The molecule has 7 heteroatoms. The number of rotatable bonds is 4. The van der Waals surface area contributed by atoms with Crippen LogP contribution in [-0.4, -0.2) is 33.9 Å². The average molecular weight is 448 g/mol. The number of nitrogens with zero attached hydrogens (tertiary/aromatic N) is 1. The van der Waals surface area contributed by atoms with Crippen molar-refractivity contribution < 1.29 is 9.59 Å². The second-order valence-electron chi connectivity index (χ2n) is 9.19. The normalized spacial score (nSPS) is 31.7. The predicted molar refractivity (Wildman–Crippen MR) is 122 cm³/mol. The third-order valence-corrected chi connectivity index (χ3v) is 7.56. The number of carbonyl (C=O) groups excluding carboxylic acids is 2. The molecule has 3 atom stereocenters. The standard InChI is InChI=1S/C23H30ClN3O2S/c1-14-2-9-18(10-3-14)25-21(28)16-6-11-19-20(12-16)26-23(30)27(22(19)29)13-15-4-7-17(24)8-5-15/h4-5,7-8,14,16,18-20H,2-3,6,9-13H2,1H3,(H,25,28)(H,26,30). The number of hydrogen-bond donors (Lipinski definition) is 2. The second kappa shape index (κ2) is 9.23. The van der Waals surface area contributed by atoms with Gasteiger partial charge in [0.05, 0.1) is 12.5 Å². The van der Waals surface area contributed by atoms with E-state index in [0.717, 1.165) is 37.2 Å². The van der Waals surface area contributed by atoms with Crippen LogP contribution in [0.2, 0.25) is 5.02 Å². The third-order valence-electron chi connectivity index (χ3n) is 6.97. The summed E-state index contributed by atoms with van der Waals surface area (Å²) in [6.45, 7) is 2.72. The number of thiocarbonyl (C=S) groups is 1. The highest BCUT2D eigenvalue weighted by Gasteiger charge is 2.44. The topological polar surface area (TPSA) is 61.4 Å². The molecule has 2 amide bonds. The van der Waals surface area contributed by atoms with Crippen molar-refractivity contribution in [2.75, 3.05) is 0 Å². The zero-order valence-electron chi connectivity index (χ0n) is 17.4. The summed E-state index contributed by atoms with van der Waals surface area (Å²) in [4.78, 5) is 27.6. The SMILES string of the molecule is CC1CCC(NC(=O)C2CCC3C(=O)N(Cc4ccc(Cl)cc4)C(=S)NC3C2)CC1. The molecule has 1 aromatic carbocycles. The van der Waals surface area contributed by atoms with Crippen LogP contribution >= 0.6 is 23.8 Å². The van der Waals surface area contributed by atoms with E-state index in [4.69, 9.17) is 23.8 Å². The fourth-order valence-electron chi connectivity index (χ4n) is 5.05. The maximum Gasteiger partial charge on any atom is 0.234 e. The van der Waals surface area contributed by atoms with Gasteiger partial charge >= 0.3 is 0 Å². The molecule has 162 valence electrons. The van der Waals surface area contributed by atoms with E-state index in [1.54, 1.807) is 4.90 Å². The summed E-state index contributed by atoms with van der Waals surface area (Å²) in [5.74, 6) is 0.818. The maximum atomic E-state index is 13.1. The first kappa shape index (κ1) is 21.6. The zero-order valence-corrected chi connectivity index (χ0v) is 19.0. The number of carbonyl (C=O) groups is 2. The maximum absolute atomic E-state index is 13.1.